The molecule has 0 fully saturated rings. The zero-order valence-electron chi connectivity index (χ0n) is 15.1. The molecule has 1 N–H and O–H groups in total. The van der Waals surface area contributed by atoms with Gasteiger partial charge in [-0.25, -0.2) is 4.79 Å². The summed E-state index contributed by atoms with van der Waals surface area (Å²) in [5.74, 6) is 0. The number of aromatic nitrogens is 3. The van der Waals surface area contributed by atoms with Gasteiger partial charge in [0.05, 0.1) is 22.3 Å². The number of nitrogens with zero attached hydrogens (tertiary/aromatic N) is 3. The summed E-state index contributed by atoms with van der Waals surface area (Å²) in [6.45, 7) is 1.42. The largest absolute Gasteiger partial charge is 0.417 e. The minimum atomic E-state index is -4.70. The summed E-state index contributed by atoms with van der Waals surface area (Å²) >= 11 is 12.0. The summed E-state index contributed by atoms with van der Waals surface area (Å²) in [6, 6.07) is 9.33. The lowest BCUT2D eigenvalue weighted by Gasteiger charge is -2.25. The van der Waals surface area contributed by atoms with Crippen LogP contribution in [0.2, 0.25) is 10.0 Å². The number of aromatic amines is 1. The zero-order valence-corrected chi connectivity index (χ0v) is 16.6. The van der Waals surface area contributed by atoms with Crippen molar-refractivity contribution in [3.05, 3.63) is 90.2 Å². The number of nitrogens with one attached hydrogen (secondary N) is 1. The molecule has 0 aliphatic heterocycles. The Morgan fingerprint density at radius 2 is 1.77 bits per heavy atom. The van der Waals surface area contributed by atoms with E-state index >= 15 is 0 Å². The van der Waals surface area contributed by atoms with Crippen molar-refractivity contribution < 1.29 is 13.2 Å². The van der Waals surface area contributed by atoms with Gasteiger partial charge in [0, 0.05) is 5.02 Å². The lowest BCUT2D eigenvalue weighted by molar-refractivity contribution is -0.137. The molecule has 3 rings (SSSR count). The van der Waals surface area contributed by atoms with Gasteiger partial charge in [-0.2, -0.15) is 28.2 Å². The summed E-state index contributed by atoms with van der Waals surface area (Å²) < 4.78 is 40.6. The van der Waals surface area contributed by atoms with Gasteiger partial charge >= 0.3 is 11.9 Å². The molecule has 1 aromatic heterocycles. The molecule has 0 aliphatic rings. The van der Waals surface area contributed by atoms with Crippen LogP contribution in [0.1, 0.15) is 23.6 Å². The average molecular weight is 455 g/mol. The van der Waals surface area contributed by atoms with Crippen LogP contribution in [0.5, 0.6) is 0 Å². The number of benzene rings is 2. The SMILES string of the molecule is CC(C#N)(c1ccc(Cl)c(C(F)(F)F)c1)c1ccc(-n2ncc(=O)[nH]c2=O)cc1Cl. The Bertz CT molecular complexity index is 1290. The lowest BCUT2D eigenvalue weighted by Crippen LogP contribution is -2.30. The summed E-state index contributed by atoms with van der Waals surface area (Å²) in [5.41, 5.74) is -3.67. The molecule has 30 heavy (non-hydrogen) atoms. The molecule has 1 heterocycles. The van der Waals surface area contributed by atoms with E-state index in [-0.39, 0.29) is 21.8 Å². The van der Waals surface area contributed by atoms with E-state index in [2.05, 4.69) is 5.10 Å². The third kappa shape index (κ3) is 3.84. The molecule has 1 atom stereocenters. The van der Waals surface area contributed by atoms with Crippen LogP contribution in [-0.4, -0.2) is 14.8 Å². The van der Waals surface area contributed by atoms with Crippen LogP contribution in [0, 0.1) is 11.3 Å². The van der Waals surface area contributed by atoms with E-state index in [0.717, 1.165) is 23.0 Å². The molecule has 0 aliphatic carbocycles. The molecule has 0 spiro atoms. The molecule has 1 unspecified atom stereocenters. The Kier molecular flexibility index (Phi) is 5.50. The minimum Gasteiger partial charge on any atom is -0.271 e. The fraction of sp³-hybridized carbons (Fsp3) is 0.158. The monoisotopic (exact) mass is 454 g/mol. The highest BCUT2D eigenvalue weighted by molar-refractivity contribution is 6.32. The van der Waals surface area contributed by atoms with Gasteiger partial charge in [-0.15, -0.1) is 0 Å². The number of hydrogen-bond donors (Lipinski definition) is 1. The van der Waals surface area contributed by atoms with E-state index in [1.807, 2.05) is 11.1 Å². The average Bonchev–Trinajstić information content (AvgIpc) is 2.66. The molecular formula is C19H11Cl2F3N4O2. The van der Waals surface area contributed by atoms with Gasteiger partial charge in [-0.1, -0.05) is 35.3 Å². The fourth-order valence-corrected chi connectivity index (χ4v) is 3.50. The standard InChI is InChI=1S/C19H11Cl2F3N4O2/c1-18(9-25,10-2-5-14(20)13(6-10)19(22,23)24)12-4-3-11(7-15(12)21)28-17(30)27-16(29)8-26-28/h2-8H,1H3,(H,27,29,30). The van der Waals surface area contributed by atoms with Gasteiger partial charge in [0.25, 0.3) is 5.56 Å². The van der Waals surface area contributed by atoms with Crippen LogP contribution in [0.4, 0.5) is 13.2 Å². The smallest absolute Gasteiger partial charge is 0.271 e. The molecule has 2 aromatic carbocycles. The molecule has 3 aromatic rings. The Hall–Kier alpha value is -3.09. The van der Waals surface area contributed by atoms with Crippen molar-refractivity contribution in [3.63, 3.8) is 0 Å². The quantitative estimate of drug-likeness (QED) is 0.645. The van der Waals surface area contributed by atoms with Gasteiger partial charge in [-0.3, -0.25) is 9.78 Å². The molecule has 11 heteroatoms. The van der Waals surface area contributed by atoms with Gasteiger partial charge < -0.3 is 0 Å². The molecule has 154 valence electrons. The molecule has 0 amide bonds. The maximum atomic E-state index is 13.3. The number of alkyl halides is 3. The van der Waals surface area contributed by atoms with E-state index in [9.17, 15) is 28.0 Å². The Morgan fingerprint density at radius 1 is 1.07 bits per heavy atom. The Morgan fingerprint density at radius 3 is 2.33 bits per heavy atom. The van der Waals surface area contributed by atoms with Crippen LogP contribution < -0.4 is 11.2 Å². The van der Waals surface area contributed by atoms with Crippen LogP contribution in [0.3, 0.4) is 0 Å². The maximum Gasteiger partial charge on any atom is 0.417 e. The number of rotatable bonds is 3. The summed E-state index contributed by atoms with van der Waals surface area (Å²) in [4.78, 5) is 25.1. The first-order valence-corrected chi connectivity index (χ1v) is 9.00. The second kappa shape index (κ2) is 7.63. The van der Waals surface area contributed by atoms with E-state index in [1.165, 1.54) is 31.2 Å². The van der Waals surface area contributed by atoms with Crippen LogP contribution in [0.15, 0.2) is 52.2 Å². The van der Waals surface area contributed by atoms with E-state index in [0.29, 0.717) is 0 Å². The Labute approximate surface area is 177 Å². The molecule has 0 saturated carbocycles. The number of nitriles is 1. The van der Waals surface area contributed by atoms with Crippen molar-refractivity contribution in [2.45, 2.75) is 18.5 Å². The lowest BCUT2D eigenvalue weighted by atomic mass is 9.77. The predicted octanol–water partition coefficient (Wildman–Crippen LogP) is 4.08. The number of hydrogen-bond acceptors (Lipinski definition) is 4. The first-order chi connectivity index (χ1) is 14.0. The topological polar surface area (TPSA) is 91.5 Å². The highest BCUT2D eigenvalue weighted by Crippen LogP contribution is 2.41. The van der Waals surface area contributed by atoms with Gasteiger partial charge in [0.2, 0.25) is 0 Å². The van der Waals surface area contributed by atoms with E-state index in [1.54, 1.807) is 0 Å². The van der Waals surface area contributed by atoms with Gasteiger partial charge in [-0.05, 0) is 42.3 Å². The molecular weight excluding hydrogens is 444 g/mol. The summed E-state index contributed by atoms with van der Waals surface area (Å²) in [5, 5.41) is 13.0. The number of H-pyrrole nitrogens is 1. The van der Waals surface area contributed by atoms with Crippen LogP contribution >= 0.6 is 23.2 Å². The second-order valence-corrected chi connectivity index (χ2v) is 7.26. The van der Waals surface area contributed by atoms with Gasteiger partial charge in [0.15, 0.2) is 0 Å². The normalized spacial score (nSPS) is 13.5. The number of halogens is 5. The second-order valence-electron chi connectivity index (χ2n) is 6.44. The van der Waals surface area contributed by atoms with E-state index < -0.39 is 33.4 Å². The molecule has 0 saturated heterocycles. The van der Waals surface area contributed by atoms with Crippen molar-refractivity contribution in [2.75, 3.05) is 0 Å². The third-order valence-electron chi connectivity index (χ3n) is 4.52. The van der Waals surface area contributed by atoms with Crippen molar-refractivity contribution in [2.24, 2.45) is 0 Å². The summed E-state index contributed by atoms with van der Waals surface area (Å²) in [7, 11) is 0. The fourth-order valence-electron chi connectivity index (χ4n) is 2.91. The highest BCUT2D eigenvalue weighted by atomic mass is 35.5. The molecule has 0 bridgehead atoms. The Balaban J connectivity index is 2.15. The maximum absolute atomic E-state index is 13.3. The predicted molar refractivity (Wildman–Crippen MR) is 104 cm³/mol. The summed E-state index contributed by atoms with van der Waals surface area (Å²) in [6.07, 6.45) is -3.80. The first-order valence-electron chi connectivity index (χ1n) is 8.25. The van der Waals surface area contributed by atoms with Crippen molar-refractivity contribution in [1.82, 2.24) is 14.8 Å². The van der Waals surface area contributed by atoms with E-state index in [4.69, 9.17) is 23.2 Å². The van der Waals surface area contributed by atoms with Crippen molar-refractivity contribution in [3.8, 4) is 11.8 Å². The molecule has 6 nitrogen and oxygen atoms in total. The minimum absolute atomic E-state index is 0.0139. The van der Waals surface area contributed by atoms with Gasteiger partial charge in [0.1, 0.15) is 11.6 Å². The highest BCUT2D eigenvalue weighted by Gasteiger charge is 2.37. The first kappa shape index (κ1) is 21.6. The van der Waals surface area contributed by atoms with Crippen LogP contribution in [-0.2, 0) is 11.6 Å². The van der Waals surface area contributed by atoms with Crippen molar-refractivity contribution >= 4 is 23.2 Å². The van der Waals surface area contributed by atoms with Crippen LogP contribution in [0.25, 0.3) is 5.69 Å². The van der Waals surface area contributed by atoms with Crippen molar-refractivity contribution in [1.29, 1.82) is 5.26 Å². The zero-order chi connectivity index (χ0) is 22.3. The molecule has 0 radical (unpaired) electrons. The third-order valence-corrected chi connectivity index (χ3v) is 5.16.